The van der Waals surface area contributed by atoms with Crippen LogP contribution in [0.1, 0.15) is 35.7 Å². The summed E-state index contributed by atoms with van der Waals surface area (Å²) in [5.74, 6) is 0.992. The zero-order valence-corrected chi connectivity index (χ0v) is 15.5. The van der Waals surface area contributed by atoms with Crippen molar-refractivity contribution in [3.05, 3.63) is 71.5 Å². The molecule has 2 heterocycles. The minimum absolute atomic E-state index is 0.232. The molecule has 28 heavy (non-hydrogen) atoms. The molecule has 0 atom stereocenters. The highest BCUT2D eigenvalue weighted by Gasteiger charge is 2.25. The average Bonchev–Trinajstić information content (AvgIpc) is 3.10. The van der Waals surface area contributed by atoms with E-state index in [1.807, 2.05) is 54.6 Å². The second-order valence-corrected chi connectivity index (χ2v) is 6.83. The van der Waals surface area contributed by atoms with Gasteiger partial charge in [-0.1, -0.05) is 30.3 Å². The van der Waals surface area contributed by atoms with Crippen LogP contribution in [0.2, 0.25) is 0 Å². The van der Waals surface area contributed by atoms with E-state index in [1.54, 1.807) is 4.68 Å². The summed E-state index contributed by atoms with van der Waals surface area (Å²) in [6, 6.07) is 19.7. The lowest BCUT2D eigenvalue weighted by atomic mass is 9.95. The number of anilines is 1. The first-order valence-electron chi connectivity index (χ1n) is 9.39. The molecule has 2 N–H and O–H groups in total. The zero-order chi connectivity index (χ0) is 19.3. The molecule has 142 valence electrons. The summed E-state index contributed by atoms with van der Waals surface area (Å²) < 4.78 is 12.9. The third-order valence-corrected chi connectivity index (χ3v) is 4.99. The Kier molecular flexibility index (Phi) is 5.27. The van der Waals surface area contributed by atoms with Crippen molar-refractivity contribution in [3.63, 3.8) is 0 Å². The lowest BCUT2D eigenvalue weighted by Crippen LogP contribution is -2.15. The maximum Gasteiger partial charge on any atom is 0.167 e. The Morgan fingerprint density at radius 2 is 1.82 bits per heavy atom. The van der Waals surface area contributed by atoms with E-state index in [0.717, 1.165) is 35.5 Å². The van der Waals surface area contributed by atoms with Gasteiger partial charge in [-0.25, -0.2) is 4.68 Å². The van der Waals surface area contributed by atoms with Gasteiger partial charge in [-0.05, 0) is 42.7 Å². The van der Waals surface area contributed by atoms with Crippen LogP contribution >= 0.6 is 0 Å². The Morgan fingerprint density at radius 3 is 2.50 bits per heavy atom. The molecule has 0 spiro atoms. The third-order valence-electron chi connectivity index (χ3n) is 4.99. The summed E-state index contributed by atoms with van der Waals surface area (Å²) in [7, 11) is 0. The van der Waals surface area contributed by atoms with Crippen molar-refractivity contribution in [2.75, 3.05) is 18.9 Å². The number of ether oxygens (including phenoxy) is 2. The van der Waals surface area contributed by atoms with E-state index in [2.05, 4.69) is 11.2 Å². The minimum Gasteiger partial charge on any atom is -0.489 e. The molecule has 1 aliphatic rings. The van der Waals surface area contributed by atoms with Crippen molar-refractivity contribution < 1.29 is 9.47 Å². The lowest BCUT2D eigenvalue weighted by molar-refractivity contribution is 0.0845. The molecule has 2 aromatic carbocycles. The summed E-state index contributed by atoms with van der Waals surface area (Å²) in [6.07, 6.45) is 1.75. The van der Waals surface area contributed by atoms with Gasteiger partial charge in [0.1, 0.15) is 18.4 Å². The van der Waals surface area contributed by atoms with Crippen molar-refractivity contribution in [2.24, 2.45) is 0 Å². The molecule has 0 saturated carbocycles. The van der Waals surface area contributed by atoms with Crippen LogP contribution in [-0.4, -0.2) is 23.0 Å². The summed E-state index contributed by atoms with van der Waals surface area (Å²) in [4.78, 5) is 0. The number of hydrogen-bond acceptors (Lipinski definition) is 5. The number of nitriles is 1. The number of nitrogens with two attached hydrogens (primary N) is 1. The molecule has 0 bridgehead atoms. The molecule has 1 aromatic heterocycles. The van der Waals surface area contributed by atoms with Gasteiger partial charge in [0.15, 0.2) is 5.69 Å². The second kappa shape index (κ2) is 8.15. The van der Waals surface area contributed by atoms with Gasteiger partial charge in [-0.3, -0.25) is 0 Å². The number of rotatable bonds is 5. The molecular weight excluding hydrogens is 352 g/mol. The fourth-order valence-corrected chi connectivity index (χ4v) is 3.44. The summed E-state index contributed by atoms with van der Waals surface area (Å²) in [5, 5.41) is 14.3. The van der Waals surface area contributed by atoms with E-state index in [-0.39, 0.29) is 5.92 Å². The van der Waals surface area contributed by atoms with Crippen molar-refractivity contribution in [2.45, 2.75) is 25.4 Å². The number of benzene rings is 2. The van der Waals surface area contributed by atoms with Crippen molar-refractivity contribution >= 4 is 5.69 Å². The molecule has 4 rings (SSSR count). The molecule has 0 radical (unpaired) electrons. The SMILES string of the molecule is N#Cc1c(N)c(C2CCOCC2)nn1-c1ccc(OCc2ccccc2)cc1. The molecule has 1 fully saturated rings. The van der Waals surface area contributed by atoms with Crippen LogP contribution in [0.15, 0.2) is 54.6 Å². The maximum atomic E-state index is 9.60. The van der Waals surface area contributed by atoms with E-state index in [4.69, 9.17) is 15.2 Å². The van der Waals surface area contributed by atoms with E-state index < -0.39 is 0 Å². The Hall–Kier alpha value is -3.30. The van der Waals surface area contributed by atoms with Crippen LogP contribution < -0.4 is 10.5 Å². The van der Waals surface area contributed by atoms with Gasteiger partial charge < -0.3 is 15.2 Å². The fraction of sp³-hybridized carbons (Fsp3) is 0.273. The number of nitrogen functional groups attached to an aromatic ring is 1. The predicted molar refractivity (Wildman–Crippen MR) is 106 cm³/mol. The molecule has 1 saturated heterocycles. The van der Waals surface area contributed by atoms with E-state index in [0.29, 0.717) is 31.2 Å². The van der Waals surface area contributed by atoms with Gasteiger partial charge >= 0.3 is 0 Å². The number of nitrogens with zero attached hydrogens (tertiary/aromatic N) is 3. The third kappa shape index (κ3) is 3.71. The molecule has 6 heteroatoms. The molecule has 3 aromatic rings. The van der Waals surface area contributed by atoms with Crippen LogP contribution in [0.5, 0.6) is 5.75 Å². The molecule has 0 amide bonds. The Balaban J connectivity index is 1.54. The summed E-state index contributed by atoms with van der Waals surface area (Å²) >= 11 is 0. The van der Waals surface area contributed by atoms with Crippen molar-refractivity contribution in [1.29, 1.82) is 5.26 Å². The molecular formula is C22H22N4O2. The quantitative estimate of drug-likeness (QED) is 0.734. The number of aromatic nitrogens is 2. The van der Waals surface area contributed by atoms with E-state index in [1.165, 1.54) is 0 Å². The molecule has 6 nitrogen and oxygen atoms in total. The average molecular weight is 374 g/mol. The van der Waals surface area contributed by atoms with Crippen LogP contribution in [0.25, 0.3) is 5.69 Å². The fourth-order valence-electron chi connectivity index (χ4n) is 3.44. The maximum absolute atomic E-state index is 9.60. The van der Waals surface area contributed by atoms with E-state index in [9.17, 15) is 5.26 Å². The monoisotopic (exact) mass is 374 g/mol. The number of hydrogen-bond donors (Lipinski definition) is 1. The zero-order valence-electron chi connectivity index (χ0n) is 15.5. The van der Waals surface area contributed by atoms with Crippen molar-refractivity contribution in [1.82, 2.24) is 9.78 Å². The lowest BCUT2D eigenvalue weighted by Gasteiger charge is -2.20. The van der Waals surface area contributed by atoms with Crippen LogP contribution in [0.3, 0.4) is 0 Å². The smallest absolute Gasteiger partial charge is 0.167 e. The Bertz CT molecular complexity index is 968. The van der Waals surface area contributed by atoms with Gasteiger partial charge in [0, 0.05) is 19.1 Å². The van der Waals surface area contributed by atoms with Crippen LogP contribution in [-0.2, 0) is 11.3 Å². The summed E-state index contributed by atoms with van der Waals surface area (Å²) in [6.45, 7) is 1.91. The van der Waals surface area contributed by atoms with Gasteiger partial charge in [0.2, 0.25) is 0 Å². The topological polar surface area (TPSA) is 86.1 Å². The van der Waals surface area contributed by atoms with Crippen molar-refractivity contribution in [3.8, 4) is 17.5 Å². The highest BCUT2D eigenvalue weighted by molar-refractivity contribution is 5.58. The highest BCUT2D eigenvalue weighted by atomic mass is 16.5. The van der Waals surface area contributed by atoms with Gasteiger partial charge in [0.25, 0.3) is 0 Å². The first-order chi connectivity index (χ1) is 13.8. The van der Waals surface area contributed by atoms with Gasteiger partial charge in [-0.2, -0.15) is 10.4 Å². The van der Waals surface area contributed by atoms with Crippen LogP contribution in [0.4, 0.5) is 5.69 Å². The molecule has 0 aliphatic carbocycles. The van der Waals surface area contributed by atoms with Gasteiger partial charge in [0.05, 0.1) is 17.1 Å². The normalized spacial score (nSPS) is 14.5. The minimum atomic E-state index is 0.232. The highest BCUT2D eigenvalue weighted by Crippen LogP contribution is 2.33. The largest absolute Gasteiger partial charge is 0.489 e. The van der Waals surface area contributed by atoms with Crippen LogP contribution in [0, 0.1) is 11.3 Å². The standard InChI is InChI=1S/C22H22N4O2/c23-14-20-21(24)22(17-10-12-27-13-11-17)25-26(20)18-6-8-19(9-7-18)28-15-16-4-2-1-3-5-16/h1-9,17H,10-13,15,24H2. The van der Waals surface area contributed by atoms with E-state index >= 15 is 0 Å². The predicted octanol–water partition coefficient (Wildman–Crippen LogP) is 3.80. The first-order valence-corrected chi connectivity index (χ1v) is 9.39. The molecule has 0 unspecified atom stereocenters. The molecule has 1 aliphatic heterocycles. The Morgan fingerprint density at radius 1 is 1.11 bits per heavy atom. The Labute approximate surface area is 164 Å². The first kappa shape index (κ1) is 18.1. The van der Waals surface area contributed by atoms with Gasteiger partial charge in [-0.15, -0.1) is 0 Å². The second-order valence-electron chi connectivity index (χ2n) is 6.83. The summed E-state index contributed by atoms with van der Waals surface area (Å²) in [5.41, 5.74) is 9.79.